The van der Waals surface area contributed by atoms with Gasteiger partial charge in [-0.15, -0.1) is 11.3 Å². The van der Waals surface area contributed by atoms with Crippen LogP contribution in [0.1, 0.15) is 55.8 Å². The number of amides is 2. The summed E-state index contributed by atoms with van der Waals surface area (Å²) in [6.45, 7) is 2.45. The van der Waals surface area contributed by atoms with Gasteiger partial charge in [0.05, 0.1) is 26.9 Å². The summed E-state index contributed by atoms with van der Waals surface area (Å²) < 4.78 is 6.39. The molecule has 0 spiro atoms. The van der Waals surface area contributed by atoms with Crippen molar-refractivity contribution < 1.29 is 19.1 Å². The Morgan fingerprint density at radius 3 is 2.68 bits per heavy atom. The summed E-state index contributed by atoms with van der Waals surface area (Å²) in [5.41, 5.74) is 1.71. The SMILES string of the molecule is CCCCN1C(=O)c2ccc(C(=O)OCc3nc4ccccc4s3)cc2C1=O. The van der Waals surface area contributed by atoms with Gasteiger partial charge in [-0.05, 0) is 36.8 Å². The van der Waals surface area contributed by atoms with E-state index in [0.717, 1.165) is 23.1 Å². The Labute approximate surface area is 165 Å². The Balaban J connectivity index is 1.48. The lowest BCUT2D eigenvalue weighted by Crippen LogP contribution is -2.30. The number of thiazole rings is 1. The van der Waals surface area contributed by atoms with Gasteiger partial charge in [-0.25, -0.2) is 9.78 Å². The van der Waals surface area contributed by atoms with Gasteiger partial charge in [-0.3, -0.25) is 14.5 Å². The molecule has 0 radical (unpaired) electrons. The van der Waals surface area contributed by atoms with Crippen molar-refractivity contribution in [3.8, 4) is 0 Å². The van der Waals surface area contributed by atoms with Gasteiger partial charge < -0.3 is 4.74 Å². The first kappa shape index (κ1) is 18.3. The number of benzene rings is 2. The van der Waals surface area contributed by atoms with Gasteiger partial charge in [0.15, 0.2) is 0 Å². The highest BCUT2D eigenvalue weighted by Crippen LogP contribution is 2.26. The second-order valence-corrected chi connectivity index (χ2v) is 7.64. The summed E-state index contributed by atoms with van der Waals surface area (Å²) in [7, 11) is 0. The molecule has 0 atom stereocenters. The topological polar surface area (TPSA) is 76.6 Å². The van der Waals surface area contributed by atoms with Gasteiger partial charge in [0.25, 0.3) is 11.8 Å². The second-order valence-electron chi connectivity index (χ2n) is 6.53. The van der Waals surface area contributed by atoms with Crippen LogP contribution in [0.2, 0.25) is 0 Å². The van der Waals surface area contributed by atoms with Gasteiger partial charge in [0, 0.05) is 6.54 Å². The van der Waals surface area contributed by atoms with E-state index in [2.05, 4.69) is 4.98 Å². The predicted molar refractivity (Wildman–Crippen MR) is 105 cm³/mol. The van der Waals surface area contributed by atoms with Crippen LogP contribution in [0.5, 0.6) is 0 Å². The number of imide groups is 1. The van der Waals surface area contributed by atoms with Crippen LogP contribution in [-0.4, -0.2) is 34.2 Å². The normalized spacial score (nSPS) is 13.2. The Bertz CT molecular complexity index is 1060. The fraction of sp³-hybridized carbons (Fsp3) is 0.238. The van der Waals surface area contributed by atoms with Crippen LogP contribution in [0.3, 0.4) is 0 Å². The van der Waals surface area contributed by atoms with Gasteiger partial charge in [-0.2, -0.15) is 0 Å². The number of ether oxygens (including phenoxy) is 1. The summed E-state index contributed by atoms with van der Waals surface area (Å²) in [5, 5.41) is 0.702. The highest BCUT2D eigenvalue weighted by Gasteiger charge is 2.35. The summed E-state index contributed by atoms with van der Waals surface area (Å²) in [6, 6.07) is 12.2. The minimum Gasteiger partial charge on any atom is -0.455 e. The second kappa shape index (κ2) is 7.52. The molecule has 0 unspecified atom stereocenters. The molecule has 3 aromatic rings. The van der Waals surface area contributed by atoms with E-state index < -0.39 is 5.97 Å². The largest absolute Gasteiger partial charge is 0.455 e. The highest BCUT2D eigenvalue weighted by molar-refractivity contribution is 7.18. The Hall–Kier alpha value is -3.06. The lowest BCUT2D eigenvalue weighted by Gasteiger charge is -2.12. The lowest BCUT2D eigenvalue weighted by atomic mass is 10.1. The van der Waals surface area contributed by atoms with E-state index in [0.29, 0.717) is 17.1 Å². The number of hydrogen-bond donors (Lipinski definition) is 0. The van der Waals surface area contributed by atoms with Crippen molar-refractivity contribution >= 4 is 39.3 Å². The van der Waals surface area contributed by atoms with E-state index in [9.17, 15) is 14.4 Å². The molecule has 2 amide bonds. The van der Waals surface area contributed by atoms with Crippen molar-refractivity contribution in [2.24, 2.45) is 0 Å². The quantitative estimate of drug-likeness (QED) is 0.466. The Morgan fingerprint density at radius 2 is 1.89 bits per heavy atom. The minimum atomic E-state index is -0.547. The van der Waals surface area contributed by atoms with Gasteiger partial charge in [-0.1, -0.05) is 25.5 Å². The van der Waals surface area contributed by atoms with Gasteiger partial charge >= 0.3 is 5.97 Å². The number of carbonyl (C=O) groups is 3. The van der Waals surface area contributed by atoms with E-state index in [4.69, 9.17) is 4.74 Å². The first-order valence-electron chi connectivity index (χ1n) is 9.10. The first-order chi connectivity index (χ1) is 13.6. The zero-order valence-electron chi connectivity index (χ0n) is 15.3. The van der Waals surface area contributed by atoms with Crippen LogP contribution in [0.4, 0.5) is 0 Å². The van der Waals surface area contributed by atoms with E-state index >= 15 is 0 Å². The standard InChI is InChI=1S/C21H18N2O4S/c1-2-3-10-23-19(24)14-9-8-13(11-15(14)20(23)25)21(26)27-12-18-22-16-6-4-5-7-17(16)28-18/h4-9,11H,2-3,10,12H2,1H3. The zero-order chi connectivity index (χ0) is 19.7. The molecule has 1 aliphatic rings. The average Bonchev–Trinajstić information content (AvgIpc) is 3.23. The first-order valence-corrected chi connectivity index (χ1v) is 9.92. The molecule has 28 heavy (non-hydrogen) atoms. The number of esters is 1. The zero-order valence-corrected chi connectivity index (χ0v) is 16.1. The molecule has 0 fully saturated rings. The number of para-hydroxylation sites is 1. The van der Waals surface area contributed by atoms with E-state index in [1.54, 1.807) is 0 Å². The molecular formula is C21H18N2O4S. The summed E-state index contributed by atoms with van der Waals surface area (Å²) in [4.78, 5) is 43.0. The van der Waals surface area contributed by atoms with Crippen LogP contribution in [0.15, 0.2) is 42.5 Å². The molecule has 0 bridgehead atoms. The van der Waals surface area contributed by atoms with Gasteiger partial charge in [0.2, 0.25) is 0 Å². The molecule has 2 aromatic carbocycles. The molecule has 0 aliphatic carbocycles. The molecule has 1 aromatic heterocycles. The molecule has 7 heteroatoms. The molecule has 0 N–H and O–H groups in total. The van der Waals surface area contributed by atoms with Crippen LogP contribution in [-0.2, 0) is 11.3 Å². The maximum Gasteiger partial charge on any atom is 0.338 e. The third kappa shape index (κ3) is 3.29. The molecule has 142 valence electrons. The summed E-state index contributed by atoms with van der Waals surface area (Å²) in [5.74, 6) is -1.20. The highest BCUT2D eigenvalue weighted by atomic mass is 32.1. The average molecular weight is 394 g/mol. The third-order valence-corrected chi connectivity index (χ3v) is 5.62. The molecule has 1 aliphatic heterocycles. The minimum absolute atomic E-state index is 0.0603. The van der Waals surface area contributed by atoms with E-state index in [-0.39, 0.29) is 29.5 Å². The molecule has 0 saturated heterocycles. The van der Waals surface area contributed by atoms with E-state index in [1.807, 2.05) is 31.2 Å². The van der Waals surface area contributed by atoms with Crippen LogP contribution >= 0.6 is 11.3 Å². The monoisotopic (exact) mass is 394 g/mol. The number of nitrogens with zero attached hydrogens (tertiary/aromatic N) is 2. The molecule has 2 heterocycles. The summed E-state index contributed by atoms with van der Waals surface area (Å²) >= 11 is 1.47. The molecular weight excluding hydrogens is 376 g/mol. The van der Waals surface area contributed by atoms with Crippen molar-refractivity contribution in [2.45, 2.75) is 26.4 Å². The predicted octanol–water partition coefficient (Wildman–Crippen LogP) is 4.05. The van der Waals surface area contributed by atoms with Crippen molar-refractivity contribution in [1.29, 1.82) is 0 Å². The van der Waals surface area contributed by atoms with Crippen molar-refractivity contribution in [1.82, 2.24) is 9.88 Å². The molecule has 0 saturated carbocycles. The number of aromatic nitrogens is 1. The smallest absolute Gasteiger partial charge is 0.338 e. The van der Waals surface area contributed by atoms with Crippen LogP contribution < -0.4 is 0 Å². The fourth-order valence-electron chi connectivity index (χ4n) is 3.13. The Kier molecular flexibility index (Phi) is 4.92. The van der Waals surface area contributed by atoms with Crippen LogP contribution in [0, 0.1) is 0 Å². The lowest BCUT2D eigenvalue weighted by molar-refractivity contribution is 0.0472. The van der Waals surface area contributed by atoms with E-state index in [1.165, 1.54) is 34.4 Å². The van der Waals surface area contributed by atoms with Crippen LogP contribution in [0.25, 0.3) is 10.2 Å². The van der Waals surface area contributed by atoms with Gasteiger partial charge in [0.1, 0.15) is 11.6 Å². The van der Waals surface area contributed by atoms with Crippen molar-refractivity contribution in [3.05, 3.63) is 64.2 Å². The molecule has 4 rings (SSSR count). The maximum atomic E-state index is 12.5. The summed E-state index contributed by atoms with van der Waals surface area (Å²) in [6.07, 6.45) is 1.64. The number of hydrogen-bond acceptors (Lipinski definition) is 6. The number of unbranched alkanes of at least 4 members (excludes halogenated alkanes) is 1. The fourth-order valence-corrected chi connectivity index (χ4v) is 4.01. The third-order valence-electron chi connectivity index (χ3n) is 4.61. The molecule has 6 nitrogen and oxygen atoms in total. The number of carbonyl (C=O) groups excluding carboxylic acids is 3. The Morgan fingerprint density at radius 1 is 1.11 bits per heavy atom. The number of fused-ring (bicyclic) bond motifs is 2. The maximum absolute atomic E-state index is 12.5. The van der Waals surface area contributed by atoms with Crippen molar-refractivity contribution in [3.63, 3.8) is 0 Å². The van der Waals surface area contributed by atoms with Crippen molar-refractivity contribution in [2.75, 3.05) is 6.54 Å². The number of rotatable bonds is 6.